The van der Waals surface area contributed by atoms with Crippen LogP contribution >= 0.6 is 0 Å². The van der Waals surface area contributed by atoms with Crippen LogP contribution in [0.4, 0.5) is 4.39 Å². The standard InChI is InChI=1S/C27H20FNO6/c1-2-32-18-7-4-16(5-8-18)24-23-25(30)19-12-17(28)6-10-20(19)35-26(23)27(31)29(24)13-15-3-9-21-22(11-15)34-14-33-21/h3-12,24H,2,13-14H2,1H3/t24-/m0/s1. The molecule has 0 fully saturated rings. The number of carbonyl (C=O) groups is 1. The molecule has 6 rings (SSSR count). The minimum absolute atomic E-state index is 0.0336. The molecule has 176 valence electrons. The molecule has 3 heterocycles. The predicted octanol–water partition coefficient (Wildman–Crippen LogP) is 4.80. The molecule has 0 unspecified atom stereocenters. The van der Waals surface area contributed by atoms with Gasteiger partial charge in [-0.2, -0.15) is 0 Å². The highest BCUT2D eigenvalue weighted by molar-refractivity contribution is 5.99. The van der Waals surface area contributed by atoms with E-state index in [1.807, 2.05) is 31.2 Å². The third kappa shape index (κ3) is 3.49. The summed E-state index contributed by atoms with van der Waals surface area (Å²) >= 11 is 0. The average Bonchev–Trinajstić information content (AvgIpc) is 3.43. The van der Waals surface area contributed by atoms with Gasteiger partial charge in [-0.3, -0.25) is 9.59 Å². The first kappa shape index (κ1) is 21.2. The zero-order chi connectivity index (χ0) is 24.1. The first-order valence-electron chi connectivity index (χ1n) is 11.2. The van der Waals surface area contributed by atoms with E-state index in [9.17, 15) is 14.0 Å². The summed E-state index contributed by atoms with van der Waals surface area (Å²) in [4.78, 5) is 28.7. The quantitative estimate of drug-likeness (QED) is 0.414. The Morgan fingerprint density at radius 3 is 2.60 bits per heavy atom. The average molecular weight is 473 g/mol. The molecule has 2 aliphatic heterocycles. The molecular weight excluding hydrogens is 453 g/mol. The largest absolute Gasteiger partial charge is 0.494 e. The molecule has 8 heteroatoms. The maximum atomic E-state index is 14.0. The van der Waals surface area contributed by atoms with Crippen molar-refractivity contribution < 1.29 is 27.8 Å². The number of carbonyl (C=O) groups excluding carboxylic acids is 1. The molecule has 0 saturated carbocycles. The van der Waals surface area contributed by atoms with Crippen molar-refractivity contribution in [3.05, 3.63) is 99.2 Å². The Bertz CT molecular complexity index is 1530. The van der Waals surface area contributed by atoms with Gasteiger partial charge in [-0.25, -0.2) is 4.39 Å². The molecule has 0 radical (unpaired) electrons. The van der Waals surface area contributed by atoms with Gasteiger partial charge in [-0.15, -0.1) is 0 Å². The normalized spacial score (nSPS) is 16.1. The minimum atomic E-state index is -0.720. The first-order valence-corrected chi connectivity index (χ1v) is 11.2. The van der Waals surface area contributed by atoms with Gasteiger partial charge in [-0.05, 0) is 60.5 Å². The molecule has 0 spiro atoms. The topological polar surface area (TPSA) is 78.2 Å². The van der Waals surface area contributed by atoms with Gasteiger partial charge in [0.2, 0.25) is 12.6 Å². The third-order valence-corrected chi connectivity index (χ3v) is 6.22. The zero-order valence-corrected chi connectivity index (χ0v) is 18.7. The van der Waals surface area contributed by atoms with Crippen molar-refractivity contribution >= 4 is 16.9 Å². The highest BCUT2D eigenvalue weighted by Crippen LogP contribution is 2.40. The van der Waals surface area contributed by atoms with Gasteiger partial charge < -0.3 is 23.5 Å². The lowest BCUT2D eigenvalue weighted by Gasteiger charge is -2.25. The van der Waals surface area contributed by atoms with Crippen molar-refractivity contribution in [2.45, 2.75) is 19.5 Å². The zero-order valence-electron chi connectivity index (χ0n) is 18.7. The van der Waals surface area contributed by atoms with Crippen molar-refractivity contribution in [3.8, 4) is 17.2 Å². The molecule has 0 N–H and O–H groups in total. The van der Waals surface area contributed by atoms with Crippen molar-refractivity contribution in [2.24, 2.45) is 0 Å². The monoisotopic (exact) mass is 473 g/mol. The van der Waals surface area contributed by atoms with Gasteiger partial charge in [0.1, 0.15) is 17.1 Å². The number of hydrogen-bond donors (Lipinski definition) is 0. The third-order valence-electron chi connectivity index (χ3n) is 6.22. The van der Waals surface area contributed by atoms with Gasteiger partial charge >= 0.3 is 0 Å². The molecule has 0 bridgehead atoms. The summed E-state index contributed by atoms with van der Waals surface area (Å²) in [5.41, 5.74) is 1.44. The van der Waals surface area contributed by atoms with Crippen LogP contribution in [-0.2, 0) is 6.54 Å². The van der Waals surface area contributed by atoms with Crippen LogP contribution in [0.25, 0.3) is 11.0 Å². The Labute approximate surface area is 199 Å². The van der Waals surface area contributed by atoms with Crippen LogP contribution in [0.15, 0.2) is 69.9 Å². The molecule has 0 saturated heterocycles. The molecule has 4 aromatic rings. The van der Waals surface area contributed by atoms with E-state index in [2.05, 4.69) is 0 Å². The highest BCUT2D eigenvalue weighted by atomic mass is 19.1. The van der Waals surface area contributed by atoms with Crippen LogP contribution < -0.4 is 19.6 Å². The summed E-state index contributed by atoms with van der Waals surface area (Å²) in [7, 11) is 0. The molecule has 1 atom stereocenters. The van der Waals surface area contributed by atoms with Gasteiger partial charge in [0.15, 0.2) is 16.9 Å². The van der Waals surface area contributed by atoms with E-state index in [0.29, 0.717) is 29.4 Å². The summed E-state index contributed by atoms with van der Waals surface area (Å²) in [6, 6.07) is 15.7. The lowest BCUT2D eigenvalue weighted by molar-refractivity contribution is 0.0714. The molecule has 1 aromatic heterocycles. The second-order valence-electron chi connectivity index (χ2n) is 8.34. The van der Waals surface area contributed by atoms with Gasteiger partial charge in [0.05, 0.1) is 23.6 Å². The molecule has 0 aliphatic carbocycles. The molecule has 7 nitrogen and oxygen atoms in total. The van der Waals surface area contributed by atoms with Crippen molar-refractivity contribution in [1.29, 1.82) is 0 Å². The van der Waals surface area contributed by atoms with Crippen molar-refractivity contribution in [1.82, 2.24) is 4.90 Å². The molecule has 2 aliphatic rings. The van der Waals surface area contributed by atoms with E-state index in [1.54, 1.807) is 23.1 Å². The van der Waals surface area contributed by atoms with Crippen molar-refractivity contribution in [2.75, 3.05) is 13.4 Å². The number of amides is 1. The number of rotatable bonds is 5. The minimum Gasteiger partial charge on any atom is -0.494 e. The fourth-order valence-corrected chi connectivity index (χ4v) is 4.65. The number of ether oxygens (including phenoxy) is 3. The number of nitrogens with zero attached hydrogens (tertiary/aromatic N) is 1. The van der Waals surface area contributed by atoms with Crippen LogP contribution in [-0.4, -0.2) is 24.2 Å². The Morgan fingerprint density at radius 2 is 1.80 bits per heavy atom. The van der Waals surface area contributed by atoms with Crippen LogP contribution in [0, 0.1) is 5.82 Å². The van der Waals surface area contributed by atoms with Gasteiger partial charge in [0.25, 0.3) is 5.91 Å². The summed E-state index contributed by atoms with van der Waals surface area (Å²) < 4.78 is 36.3. The maximum Gasteiger partial charge on any atom is 0.291 e. The number of halogens is 1. The molecule has 1 amide bonds. The Balaban J connectivity index is 1.49. The Morgan fingerprint density at radius 1 is 1.00 bits per heavy atom. The molecule has 35 heavy (non-hydrogen) atoms. The maximum absolute atomic E-state index is 14.0. The molecule has 3 aromatic carbocycles. The number of hydrogen-bond acceptors (Lipinski definition) is 6. The second kappa shape index (κ2) is 8.16. The number of fused-ring (bicyclic) bond motifs is 3. The van der Waals surface area contributed by atoms with E-state index >= 15 is 0 Å². The fourth-order valence-electron chi connectivity index (χ4n) is 4.65. The van der Waals surface area contributed by atoms with Crippen LogP contribution in [0.1, 0.15) is 40.2 Å². The summed E-state index contributed by atoms with van der Waals surface area (Å²) in [6.07, 6.45) is 0. The fraction of sp³-hybridized carbons (Fsp3) is 0.185. The summed E-state index contributed by atoms with van der Waals surface area (Å²) in [6.45, 7) is 2.74. The number of benzene rings is 3. The second-order valence-corrected chi connectivity index (χ2v) is 8.34. The van der Waals surface area contributed by atoms with E-state index in [-0.39, 0.29) is 35.6 Å². The summed E-state index contributed by atoms with van der Waals surface area (Å²) in [5.74, 6) is 0.908. The van der Waals surface area contributed by atoms with Gasteiger partial charge in [0, 0.05) is 6.54 Å². The van der Waals surface area contributed by atoms with Crippen molar-refractivity contribution in [3.63, 3.8) is 0 Å². The molecular formula is C27H20FNO6. The van der Waals surface area contributed by atoms with E-state index in [4.69, 9.17) is 18.6 Å². The Hall–Kier alpha value is -4.33. The smallest absolute Gasteiger partial charge is 0.291 e. The lowest BCUT2D eigenvalue weighted by atomic mass is 9.98. The van der Waals surface area contributed by atoms with E-state index in [1.165, 1.54) is 12.1 Å². The highest BCUT2D eigenvalue weighted by Gasteiger charge is 2.42. The lowest BCUT2D eigenvalue weighted by Crippen LogP contribution is -2.29. The van der Waals surface area contributed by atoms with E-state index < -0.39 is 23.2 Å². The van der Waals surface area contributed by atoms with Crippen LogP contribution in [0.2, 0.25) is 0 Å². The van der Waals surface area contributed by atoms with Crippen LogP contribution in [0.5, 0.6) is 17.2 Å². The van der Waals surface area contributed by atoms with Gasteiger partial charge in [-0.1, -0.05) is 18.2 Å². The SMILES string of the molecule is CCOc1ccc([C@H]2c3c(oc4ccc(F)cc4c3=O)C(=O)N2Cc2ccc3c(c2)OCO3)cc1. The Kier molecular flexibility index (Phi) is 4.95. The first-order chi connectivity index (χ1) is 17.0. The predicted molar refractivity (Wildman–Crippen MR) is 124 cm³/mol. The van der Waals surface area contributed by atoms with E-state index in [0.717, 1.165) is 11.6 Å². The summed E-state index contributed by atoms with van der Waals surface area (Å²) in [5, 5.41) is 0.0948. The van der Waals surface area contributed by atoms with Crippen LogP contribution in [0.3, 0.4) is 0 Å².